The third-order valence-electron chi connectivity index (χ3n) is 4.93. The van der Waals surface area contributed by atoms with Crippen LogP contribution in [-0.4, -0.2) is 51.5 Å². The first-order valence-corrected chi connectivity index (χ1v) is 13.2. The van der Waals surface area contributed by atoms with Crippen LogP contribution >= 0.6 is 11.6 Å². The lowest BCUT2D eigenvalue weighted by atomic mass is 9.87. The monoisotopic (exact) mass is 526 g/mol. The Kier molecular flexibility index (Phi) is 11.7. The van der Waals surface area contributed by atoms with Gasteiger partial charge in [-0.1, -0.05) is 74.5 Å². The molecule has 2 aromatic rings. The molecule has 0 saturated carbocycles. The van der Waals surface area contributed by atoms with Gasteiger partial charge in [-0.25, -0.2) is 4.79 Å². The molecule has 0 N–H and O–H groups in total. The van der Waals surface area contributed by atoms with E-state index in [0.29, 0.717) is 0 Å². The molecule has 0 heterocycles. The second-order valence-electron chi connectivity index (χ2n) is 8.49. The number of benzene rings is 2. The smallest absolute Gasteiger partial charge is 0.338 e. The Balaban J connectivity index is 2.00. The molecule has 0 spiro atoms. The summed E-state index contributed by atoms with van der Waals surface area (Å²) >= 11 is 5.57. The number of rotatable bonds is 15. The van der Waals surface area contributed by atoms with Crippen LogP contribution in [0.5, 0.6) is 0 Å². The highest BCUT2D eigenvalue weighted by atomic mass is 35.5. The number of hydrogen-bond donors (Lipinski definition) is 0. The van der Waals surface area contributed by atoms with Gasteiger partial charge in [0.05, 0.1) is 25.4 Å². The highest BCUT2D eigenvalue weighted by Gasteiger charge is 2.39. The summed E-state index contributed by atoms with van der Waals surface area (Å²) < 4.78 is 45.4. The quantitative estimate of drug-likeness (QED) is 0.149. The summed E-state index contributed by atoms with van der Waals surface area (Å²) in [5.74, 6) is -1.41. The Morgan fingerprint density at radius 2 is 1.54 bits per heavy atom. The summed E-state index contributed by atoms with van der Waals surface area (Å²) in [7, 11) is -3.82. The predicted molar refractivity (Wildman–Crippen MR) is 131 cm³/mol. The van der Waals surface area contributed by atoms with Gasteiger partial charge in [0.25, 0.3) is 10.1 Å². The van der Waals surface area contributed by atoms with Gasteiger partial charge in [0.2, 0.25) is 6.79 Å². The molecular weight excluding hydrogens is 496 g/mol. The lowest BCUT2D eigenvalue weighted by Crippen LogP contribution is -2.43. The van der Waals surface area contributed by atoms with Gasteiger partial charge >= 0.3 is 11.9 Å². The third-order valence-corrected chi connectivity index (χ3v) is 6.47. The molecule has 192 valence electrons. The van der Waals surface area contributed by atoms with Crippen LogP contribution in [0, 0.1) is 5.41 Å². The van der Waals surface area contributed by atoms with E-state index in [1.807, 2.05) is 36.4 Å². The number of carbonyl (C=O) groups excluding carboxylic acids is 2. The molecule has 35 heavy (non-hydrogen) atoms. The van der Waals surface area contributed by atoms with Crippen molar-refractivity contribution in [2.24, 2.45) is 5.41 Å². The van der Waals surface area contributed by atoms with Crippen LogP contribution in [0.4, 0.5) is 0 Å². The van der Waals surface area contributed by atoms with E-state index in [-0.39, 0.29) is 37.7 Å². The number of carbonyl (C=O) groups is 2. The van der Waals surface area contributed by atoms with E-state index in [4.69, 9.17) is 30.0 Å². The van der Waals surface area contributed by atoms with E-state index in [1.54, 1.807) is 38.1 Å². The molecule has 0 amide bonds. The van der Waals surface area contributed by atoms with Crippen LogP contribution in [0.25, 0.3) is 0 Å². The SMILES string of the molecule is CC(C)(COS(=O)(=O)CCCCl)[C@@H](OCc1ccccc1)C(=O)OCOC(=O)Cc1ccccc1. The molecule has 0 aliphatic rings. The Hall–Kier alpha value is -2.46. The lowest BCUT2D eigenvalue weighted by Gasteiger charge is -2.32. The van der Waals surface area contributed by atoms with E-state index >= 15 is 0 Å². The Morgan fingerprint density at radius 3 is 2.14 bits per heavy atom. The van der Waals surface area contributed by atoms with Crippen molar-refractivity contribution >= 4 is 33.7 Å². The maximum absolute atomic E-state index is 12.9. The van der Waals surface area contributed by atoms with E-state index in [1.165, 1.54) is 0 Å². The van der Waals surface area contributed by atoms with Crippen molar-refractivity contribution in [3.8, 4) is 0 Å². The molecule has 2 aromatic carbocycles. The van der Waals surface area contributed by atoms with Crippen molar-refractivity contribution in [3.05, 3.63) is 71.8 Å². The Bertz CT molecular complexity index is 1030. The van der Waals surface area contributed by atoms with Gasteiger partial charge in [0.1, 0.15) is 0 Å². The summed E-state index contributed by atoms with van der Waals surface area (Å²) in [6.45, 7) is 2.42. The Morgan fingerprint density at radius 1 is 0.943 bits per heavy atom. The maximum Gasteiger partial charge on any atom is 0.338 e. The van der Waals surface area contributed by atoms with Gasteiger partial charge in [-0.05, 0) is 17.5 Å². The van der Waals surface area contributed by atoms with Crippen molar-refractivity contribution in [1.29, 1.82) is 0 Å². The summed E-state index contributed by atoms with van der Waals surface area (Å²) in [5, 5.41) is 0. The molecule has 0 bridgehead atoms. The van der Waals surface area contributed by atoms with Crippen molar-refractivity contribution in [2.75, 3.05) is 25.0 Å². The summed E-state index contributed by atoms with van der Waals surface area (Å²) in [6, 6.07) is 18.2. The van der Waals surface area contributed by atoms with Crippen molar-refractivity contribution in [2.45, 2.75) is 39.4 Å². The fraction of sp³-hybridized carbons (Fsp3) is 0.440. The molecule has 8 nitrogen and oxygen atoms in total. The first-order chi connectivity index (χ1) is 16.6. The molecule has 0 saturated heterocycles. The van der Waals surface area contributed by atoms with Gasteiger partial charge in [0.15, 0.2) is 6.10 Å². The highest BCUT2D eigenvalue weighted by molar-refractivity contribution is 7.86. The molecule has 0 aromatic heterocycles. The molecule has 1 atom stereocenters. The minimum atomic E-state index is -3.82. The average molecular weight is 527 g/mol. The number of esters is 2. The van der Waals surface area contributed by atoms with Crippen molar-refractivity contribution in [1.82, 2.24) is 0 Å². The average Bonchev–Trinajstić information content (AvgIpc) is 2.83. The van der Waals surface area contributed by atoms with Crippen LogP contribution in [0.15, 0.2) is 60.7 Å². The number of alkyl halides is 1. The molecule has 10 heteroatoms. The van der Waals surface area contributed by atoms with E-state index in [2.05, 4.69) is 0 Å². The van der Waals surface area contributed by atoms with Crippen LogP contribution in [0.3, 0.4) is 0 Å². The lowest BCUT2D eigenvalue weighted by molar-refractivity contribution is -0.183. The standard InChI is InChI=1S/C25H31ClO8S/c1-25(2,18-34-35(29,30)15-9-14-26)23(31-17-21-12-7-4-8-13-21)24(28)33-19-32-22(27)16-20-10-5-3-6-11-20/h3-8,10-13,23H,9,14-19H2,1-2H3/t23-/m0/s1. The third kappa shape index (κ3) is 10.8. The molecule has 0 unspecified atom stereocenters. The van der Waals surface area contributed by atoms with Crippen molar-refractivity contribution < 1.29 is 36.4 Å². The Labute approximate surface area is 211 Å². The van der Waals surface area contributed by atoms with Crippen LogP contribution in [0.2, 0.25) is 0 Å². The predicted octanol–water partition coefficient (Wildman–Crippen LogP) is 3.86. The molecule has 0 aliphatic heterocycles. The number of ether oxygens (including phenoxy) is 3. The van der Waals surface area contributed by atoms with Gasteiger partial charge in [0, 0.05) is 11.3 Å². The number of hydrogen-bond acceptors (Lipinski definition) is 8. The van der Waals surface area contributed by atoms with Crippen LogP contribution in [0.1, 0.15) is 31.4 Å². The first-order valence-electron chi connectivity index (χ1n) is 11.1. The number of halogens is 1. The van der Waals surface area contributed by atoms with Gasteiger partial charge in [-0.2, -0.15) is 8.42 Å². The van der Waals surface area contributed by atoms with Crippen LogP contribution < -0.4 is 0 Å². The zero-order valence-electron chi connectivity index (χ0n) is 19.9. The fourth-order valence-electron chi connectivity index (χ4n) is 3.02. The highest BCUT2D eigenvalue weighted by Crippen LogP contribution is 2.27. The summed E-state index contributed by atoms with van der Waals surface area (Å²) in [6.07, 6.45) is -0.917. The summed E-state index contributed by atoms with van der Waals surface area (Å²) in [5.41, 5.74) is 0.487. The molecular formula is C25H31ClO8S. The molecule has 0 fully saturated rings. The fourth-order valence-corrected chi connectivity index (χ4v) is 4.41. The zero-order chi connectivity index (χ0) is 25.7. The first kappa shape index (κ1) is 28.8. The minimum Gasteiger partial charge on any atom is -0.428 e. The van der Waals surface area contributed by atoms with Crippen molar-refractivity contribution in [3.63, 3.8) is 0 Å². The van der Waals surface area contributed by atoms with Crippen LogP contribution in [-0.2, 0) is 51.1 Å². The maximum atomic E-state index is 12.9. The largest absolute Gasteiger partial charge is 0.428 e. The van der Waals surface area contributed by atoms with E-state index in [0.717, 1.165) is 11.1 Å². The second kappa shape index (κ2) is 14.2. The van der Waals surface area contributed by atoms with Gasteiger partial charge in [-0.15, -0.1) is 11.6 Å². The van der Waals surface area contributed by atoms with E-state index < -0.39 is 40.4 Å². The molecule has 0 aliphatic carbocycles. The van der Waals surface area contributed by atoms with E-state index in [9.17, 15) is 18.0 Å². The van der Waals surface area contributed by atoms with Gasteiger partial charge < -0.3 is 14.2 Å². The summed E-state index contributed by atoms with van der Waals surface area (Å²) in [4.78, 5) is 24.9. The topological polar surface area (TPSA) is 105 Å². The minimum absolute atomic E-state index is 0.0336. The zero-order valence-corrected chi connectivity index (χ0v) is 21.4. The second-order valence-corrected chi connectivity index (χ2v) is 10.6. The van der Waals surface area contributed by atoms with Gasteiger partial charge in [-0.3, -0.25) is 8.98 Å². The normalized spacial score (nSPS) is 12.7. The molecule has 2 rings (SSSR count). The molecule has 0 radical (unpaired) electrons.